The first-order chi connectivity index (χ1) is 15.7. The van der Waals surface area contributed by atoms with Crippen molar-refractivity contribution in [2.24, 2.45) is 0 Å². The maximum absolute atomic E-state index is 6.16. The lowest BCUT2D eigenvalue weighted by Crippen LogP contribution is -2.16. The van der Waals surface area contributed by atoms with Gasteiger partial charge in [0.25, 0.3) is 0 Å². The van der Waals surface area contributed by atoms with E-state index in [1.807, 2.05) is 79.7 Å². The second kappa shape index (κ2) is 10.1. The van der Waals surface area contributed by atoms with E-state index < -0.39 is 0 Å². The summed E-state index contributed by atoms with van der Waals surface area (Å²) in [5.74, 6) is 3.13. The largest absolute Gasteiger partial charge is 0.493 e. The first-order valence-corrected chi connectivity index (χ1v) is 10.8. The average molecular weight is 429 g/mol. The van der Waals surface area contributed by atoms with Crippen molar-refractivity contribution in [1.29, 1.82) is 0 Å². The Bertz CT molecular complexity index is 1180. The Morgan fingerprint density at radius 3 is 2.56 bits per heavy atom. The molecule has 4 rings (SSSR count). The third kappa shape index (κ3) is 4.78. The monoisotopic (exact) mass is 428 g/mol. The molecule has 0 N–H and O–H groups in total. The van der Waals surface area contributed by atoms with Crippen LogP contribution in [0.4, 0.5) is 0 Å². The summed E-state index contributed by atoms with van der Waals surface area (Å²) < 4.78 is 19.9. The molecule has 1 heterocycles. The van der Waals surface area contributed by atoms with Crippen LogP contribution >= 0.6 is 0 Å². The second-order valence-corrected chi connectivity index (χ2v) is 7.51. The van der Waals surface area contributed by atoms with Gasteiger partial charge in [0, 0.05) is 0 Å². The topological polar surface area (TPSA) is 45.5 Å². The molecule has 0 bridgehead atoms. The quantitative estimate of drug-likeness (QED) is 0.291. The number of allylic oxidation sites excluding steroid dienone is 1. The van der Waals surface area contributed by atoms with E-state index in [4.69, 9.17) is 19.2 Å². The average Bonchev–Trinajstić information content (AvgIpc) is 3.19. The Morgan fingerprint density at radius 1 is 1.00 bits per heavy atom. The molecular weight excluding hydrogens is 400 g/mol. The van der Waals surface area contributed by atoms with Crippen molar-refractivity contribution in [3.05, 3.63) is 96.8 Å². The molecule has 5 nitrogen and oxygen atoms in total. The molecule has 1 atom stereocenters. The summed E-state index contributed by atoms with van der Waals surface area (Å²) in [4.78, 5) is 4.85. The van der Waals surface area contributed by atoms with Gasteiger partial charge in [0.1, 0.15) is 12.4 Å². The van der Waals surface area contributed by atoms with E-state index in [0.29, 0.717) is 13.2 Å². The zero-order valence-electron chi connectivity index (χ0n) is 18.5. The van der Waals surface area contributed by atoms with Crippen LogP contribution in [0.5, 0.6) is 17.2 Å². The van der Waals surface area contributed by atoms with Crippen LogP contribution in [0.25, 0.3) is 11.0 Å². The molecule has 0 aliphatic rings. The lowest BCUT2D eigenvalue weighted by Gasteiger charge is -2.17. The fraction of sp³-hybridized carbons (Fsp3) is 0.222. The molecule has 0 amide bonds. The molecule has 32 heavy (non-hydrogen) atoms. The Hall–Kier alpha value is -3.73. The molecule has 0 saturated carbocycles. The molecule has 0 aliphatic carbocycles. The Kier molecular flexibility index (Phi) is 6.75. The summed E-state index contributed by atoms with van der Waals surface area (Å²) in [6.07, 6.45) is 2.46. The second-order valence-electron chi connectivity index (χ2n) is 7.51. The lowest BCUT2D eigenvalue weighted by atomic mass is 10.1. The van der Waals surface area contributed by atoms with Gasteiger partial charge >= 0.3 is 0 Å². The maximum atomic E-state index is 6.16. The summed E-state index contributed by atoms with van der Waals surface area (Å²) >= 11 is 0. The van der Waals surface area contributed by atoms with Crippen molar-refractivity contribution in [3.8, 4) is 17.2 Å². The Balaban J connectivity index is 1.54. The highest BCUT2D eigenvalue weighted by molar-refractivity contribution is 5.76. The first-order valence-electron chi connectivity index (χ1n) is 10.8. The van der Waals surface area contributed by atoms with E-state index in [-0.39, 0.29) is 6.10 Å². The molecule has 3 aromatic carbocycles. The SMILES string of the molecule is C=CCc1ccc(OCCn2c(C(C)Oc3ccccc3)nc3ccccc32)c(OC)c1. The summed E-state index contributed by atoms with van der Waals surface area (Å²) in [6.45, 7) is 6.92. The van der Waals surface area contributed by atoms with Crippen LogP contribution in [0.15, 0.2) is 85.5 Å². The van der Waals surface area contributed by atoms with E-state index in [1.165, 1.54) is 0 Å². The number of imidazole rings is 1. The zero-order chi connectivity index (χ0) is 22.3. The van der Waals surface area contributed by atoms with Gasteiger partial charge in [-0.05, 0) is 55.3 Å². The van der Waals surface area contributed by atoms with Crippen LogP contribution in [-0.2, 0) is 13.0 Å². The number of hydrogen-bond donors (Lipinski definition) is 0. The Labute approximate surface area is 188 Å². The van der Waals surface area contributed by atoms with Gasteiger partial charge in [0.05, 0.1) is 24.7 Å². The molecule has 1 unspecified atom stereocenters. The number of benzene rings is 3. The fourth-order valence-electron chi connectivity index (χ4n) is 3.77. The molecule has 0 fully saturated rings. The van der Waals surface area contributed by atoms with Crippen LogP contribution in [0.2, 0.25) is 0 Å². The molecule has 5 heteroatoms. The highest BCUT2D eigenvalue weighted by Gasteiger charge is 2.18. The number of methoxy groups -OCH3 is 1. The van der Waals surface area contributed by atoms with E-state index >= 15 is 0 Å². The molecule has 4 aromatic rings. The van der Waals surface area contributed by atoms with Gasteiger partial charge in [0.2, 0.25) is 0 Å². The van der Waals surface area contributed by atoms with E-state index in [9.17, 15) is 0 Å². The van der Waals surface area contributed by atoms with E-state index in [1.54, 1.807) is 7.11 Å². The zero-order valence-corrected chi connectivity index (χ0v) is 18.5. The van der Waals surface area contributed by atoms with Crippen LogP contribution in [0, 0.1) is 0 Å². The Morgan fingerprint density at radius 2 is 1.78 bits per heavy atom. The van der Waals surface area contributed by atoms with Crippen molar-refractivity contribution in [2.75, 3.05) is 13.7 Å². The van der Waals surface area contributed by atoms with Crippen molar-refractivity contribution < 1.29 is 14.2 Å². The number of rotatable bonds is 10. The number of hydrogen-bond acceptors (Lipinski definition) is 4. The normalized spacial score (nSPS) is 11.8. The first kappa shape index (κ1) is 21.5. The van der Waals surface area contributed by atoms with Crippen LogP contribution < -0.4 is 14.2 Å². The van der Waals surface area contributed by atoms with Gasteiger partial charge in [-0.1, -0.05) is 42.5 Å². The van der Waals surface area contributed by atoms with Gasteiger partial charge in [-0.15, -0.1) is 6.58 Å². The van der Waals surface area contributed by atoms with Gasteiger partial charge in [-0.25, -0.2) is 4.98 Å². The molecule has 0 spiro atoms. The van der Waals surface area contributed by atoms with Crippen LogP contribution in [0.3, 0.4) is 0 Å². The van der Waals surface area contributed by atoms with E-state index in [0.717, 1.165) is 46.1 Å². The highest BCUT2D eigenvalue weighted by Crippen LogP contribution is 2.29. The smallest absolute Gasteiger partial charge is 0.161 e. The molecule has 0 saturated heterocycles. The fourth-order valence-corrected chi connectivity index (χ4v) is 3.77. The van der Waals surface area contributed by atoms with Gasteiger partial charge in [0.15, 0.2) is 23.4 Å². The molecule has 164 valence electrons. The van der Waals surface area contributed by atoms with Crippen molar-refractivity contribution >= 4 is 11.0 Å². The predicted octanol–water partition coefficient (Wildman–Crippen LogP) is 5.99. The molecule has 0 radical (unpaired) electrons. The summed E-state index contributed by atoms with van der Waals surface area (Å²) in [6, 6.07) is 23.9. The predicted molar refractivity (Wildman–Crippen MR) is 128 cm³/mol. The minimum absolute atomic E-state index is 0.211. The highest BCUT2D eigenvalue weighted by atomic mass is 16.5. The summed E-state index contributed by atoms with van der Waals surface area (Å²) in [5, 5.41) is 0. The van der Waals surface area contributed by atoms with Crippen LogP contribution in [-0.4, -0.2) is 23.3 Å². The van der Waals surface area contributed by atoms with Gasteiger partial charge in [-0.2, -0.15) is 0 Å². The number of para-hydroxylation sites is 3. The van der Waals surface area contributed by atoms with Crippen molar-refractivity contribution in [3.63, 3.8) is 0 Å². The number of fused-ring (bicyclic) bond motifs is 1. The third-order valence-electron chi connectivity index (χ3n) is 5.28. The lowest BCUT2D eigenvalue weighted by molar-refractivity contribution is 0.207. The molecular formula is C27H28N2O3. The van der Waals surface area contributed by atoms with Crippen LogP contribution in [0.1, 0.15) is 24.4 Å². The van der Waals surface area contributed by atoms with Gasteiger partial charge in [-0.3, -0.25) is 0 Å². The number of nitrogens with zero attached hydrogens (tertiary/aromatic N) is 2. The molecule has 1 aromatic heterocycles. The minimum Gasteiger partial charge on any atom is -0.493 e. The standard InChI is InChI=1S/C27H28N2O3/c1-4-10-21-15-16-25(26(19-21)30-3)31-18-17-29-24-14-9-8-13-23(24)28-27(29)20(2)32-22-11-6-5-7-12-22/h4-9,11-16,19-20H,1,10,17-18H2,2-3H3. The minimum atomic E-state index is -0.211. The van der Waals surface area contributed by atoms with E-state index in [2.05, 4.69) is 17.2 Å². The number of aromatic nitrogens is 2. The maximum Gasteiger partial charge on any atom is 0.161 e. The summed E-state index contributed by atoms with van der Waals surface area (Å²) in [5.41, 5.74) is 3.14. The summed E-state index contributed by atoms with van der Waals surface area (Å²) in [7, 11) is 1.66. The van der Waals surface area contributed by atoms with Crippen molar-refractivity contribution in [1.82, 2.24) is 9.55 Å². The number of ether oxygens (including phenoxy) is 3. The van der Waals surface area contributed by atoms with Crippen molar-refractivity contribution in [2.45, 2.75) is 26.0 Å². The van der Waals surface area contributed by atoms with Gasteiger partial charge < -0.3 is 18.8 Å². The third-order valence-corrected chi connectivity index (χ3v) is 5.28. The molecule has 0 aliphatic heterocycles.